The fourth-order valence-corrected chi connectivity index (χ4v) is 3.80. The number of rotatable bonds is 7. The Kier molecular flexibility index (Phi) is 6.41. The molecule has 150 valence electrons. The van der Waals surface area contributed by atoms with Crippen molar-refractivity contribution < 1.29 is 17.9 Å². The second-order valence-corrected chi connectivity index (χ2v) is 8.17. The van der Waals surface area contributed by atoms with Crippen molar-refractivity contribution in [1.82, 2.24) is 0 Å². The molecule has 0 fully saturated rings. The van der Waals surface area contributed by atoms with E-state index in [0.29, 0.717) is 34.3 Å². The lowest BCUT2D eigenvalue weighted by atomic mass is 10.2. The van der Waals surface area contributed by atoms with Crippen molar-refractivity contribution in [1.29, 1.82) is 0 Å². The molecule has 0 unspecified atom stereocenters. The predicted molar refractivity (Wildman–Crippen MR) is 114 cm³/mol. The number of ether oxygens (including phenoxy) is 1. The molecular weight excluding hydrogens is 412 g/mol. The third-order valence-corrected chi connectivity index (χ3v) is 5.56. The minimum Gasteiger partial charge on any atom is -0.494 e. The summed E-state index contributed by atoms with van der Waals surface area (Å²) in [5.74, 6) is 0.325. The van der Waals surface area contributed by atoms with Gasteiger partial charge in [0.2, 0.25) is 0 Å². The van der Waals surface area contributed by atoms with Crippen molar-refractivity contribution >= 4 is 38.9 Å². The maximum absolute atomic E-state index is 12.6. The quantitative estimate of drug-likeness (QED) is 0.564. The van der Waals surface area contributed by atoms with Crippen molar-refractivity contribution in [2.45, 2.75) is 11.8 Å². The van der Waals surface area contributed by atoms with Gasteiger partial charge in [-0.25, -0.2) is 8.42 Å². The molecule has 0 aromatic heterocycles. The largest absolute Gasteiger partial charge is 0.494 e. The second-order valence-electron chi connectivity index (χ2n) is 6.05. The highest BCUT2D eigenvalue weighted by Gasteiger charge is 2.15. The number of anilines is 2. The number of nitrogens with one attached hydrogen (secondary N) is 2. The van der Waals surface area contributed by atoms with Crippen LogP contribution in [0.3, 0.4) is 0 Å². The zero-order chi connectivity index (χ0) is 20.9. The number of halogens is 1. The number of benzene rings is 3. The van der Waals surface area contributed by atoms with E-state index in [1.165, 1.54) is 24.3 Å². The van der Waals surface area contributed by atoms with Crippen molar-refractivity contribution in [2.24, 2.45) is 0 Å². The Hall–Kier alpha value is -3.03. The lowest BCUT2D eigenvalue weighted by Gasteiger charge is -2.10. The Morgan fingerprint density at radius 1 is 0.966 bits per heavy atom. The first-order valence-corrected chi connectivity index (χ1v) is 10.7. The zero-order valence-electron chi connectivity index (χ0n) is 15.6. The maximum Gasteiger partial charge on any atom is 0.261 e. The van der Waals surface area contributed by atoms with Gasteiger partial charge in [0.1, 0.15) is 5.75 Å². The van der Waals surface area contributed by atoms with Gasteiger partial charge in [0.15, 0.2) is 0 Å². The van der Waals surface area contributed by atoms with Crippen LogP contribution in [0.2, 0.25) is 5.02 Å². The fourth-order valence-electron chi connectivity index (χ4n) is 2.55. The smallest absolute Gasteiger partial charge is 0.261 e. The van der Waals surface area contributed by atoms with Crippen LogP contribution in [0.1, 0.15) is 17.3 Å². The lowest BCUT2D eigenvalue weighted by Crippen LogP contribution is -2.14. The molecule has 0 saturated carbocycles. The SMILES string of the molecule is CCOc1ccc(NS(=O)(=O)c2ccc(NC(=O)c3cccc(Cl)c3)cc2)cc1. The van der Waals surface area contributed by atoms with E-state index in [-0.39, 0.29) is 10.8 Å². The minimum absolute atomic E-state index is 0.0761. The van der Waals surface area contributed by atoms with Crippen molar-refractivity contribution in [3.63, 3.8) is 0 Å². The molecule has 0 saturated heterocycles. The van der Waals surface area contributed by atoms with E-state index < -0.39 is 10.0 Å². The molecule has 3 rings (SSSR count). The van der Waals surface area contributed by atoms with Crippen LogP contribution < -0.4 is 14.8 Å². The predicted octanol–water partition coefficient (Wildman–Crippen LogP) is 4.79. The molecule has 0 heterocycles. The Bertz CT molecular complexity index is 1100. The molecule has 0 aliphatic heterocycles. The summed E-state index contributed by atoms with van der Waals surface area (Å²) in [5.41, 5.74) is 1.30. The average Bonchev–Trinajstić information content (AvgIpc) is 2.70. The Balaban J connectivity index is 1.69. The first-order chi connectivity index (χ1) is 13.9. The summed E-state index contributed by atoms with van der Waals surface area (Å²) in [4.78, 5) is 12.3. The summed E-state index contributed by atoms with van der Waals surface area (Å²) in [7, 11) is -3.76. The van der Waals surface area contributed by atoms with Crippen LogP contribution in [0, 0.1) is 0 Å². The van der Waals surface area contributed by atoms with Crippen LogP contribution in [0.25, 0.3) is 0 Å². The zero-order valence-corrected chi connectivity index (χ0v) is 17.1. The number of hydrogen-bond acceptors (Lipinski definition) is 4. The highest BCUT2D eigenvalue weighted by atomic mass is 35.5. The molecule has 0 atom stereocenters. The molecule has 0 radical (unpaired) electrons. The summed E-state index contributed by atoms with van der Waals surface area (Å²) in [6.45, 7) is 2.41. The molecule has 3 aromatic carbocycles. The van der Waals surface area contributed by atoms with Crippen molar-refractivity contribution in [3.05, 3.63) is 83.4 Å². The van der Waals surface area contributed by atoms with E-state index in [1.54, 1.807) is 48.5 Å². The highest BCUT2D eigenvalue weighted by molar-refractivity contribution is 7.92. The third-order valence-electron chi connectivity index (χ3n) is 3.93. The number of carbonyl (C=O) groups is 1. The van der Waals surface area contributed by atoms with Crippen LogP contribution in [-0.4, -0.2) is 20.9 Å². The van der Waals surface area contributed by atoms with Crippen molar-refractivity contribution in [3.8, 4) is 5.75 Å². The van der Waals surface area contributed by atoms with E-state index in [9.17, 15) is 13.2 Å². The van der Waals surface area contributed by atoms with Gasteiger partial charge < -0.3 is 10.1 Å². The van der Waals surface area contributed by atoms with E-state index >= 15 is 0 Å². The Morgan fingerprint density at radius 2 is 1.62 bits per heavy atom. The first kappa shape index (κ1) is 20.7. The van der Waals surface area contributed by atoms with Gasteiger partial charge in [0.05, 0.1) is 11.5 Å². The van der Waals surface area contributed by atoms with Gasteiger partial charge >= 0.3 is 0 Å². The van der Waals surface area contributed by atoms with Gasteiger partial charge in [-0.05, 0) is 73.7 Å². The van der Waals surface area contributed by atoms with Crippen LogP contribution in [0.5, 0.6) is 5.75 Å². The van der Waals surface area contributed by atoms with Gasteiger partial charge in [-0.1, -0.05) is 17.7 Å². The molecule has 3 aromatic rings. The minimum atomic E-state index is -3.76. The number of carbonyl (C=O) groups excluding carboxylic acids is 1. The van der Waals surface area contributed by atoms with Gasteiger partial charge in [0, 0.05) is 22.0 Å². The second kappa shape index (κ2) is 8.98. The van der Waals surface area contributed by atoms with Gasteiger partial charge in [0.25, 0.3) is 15.9 Å². The number of sulfonamides is 1. The molecule has 8 heteroatoms. The molecule has 0 bridgehead atoms. The summed E-state index contributed by atoms with van der Waals surface area (Å²) < 4.78 is 33.0. The Labute approximate surface area is 174 Å². The highest BCUT2D eigenvalue weighted by Crippen LogP contribution is 2.21. The lowest BCUT2D eigenvalue weighted by molar-refractivity contribution is 0.102. The third kappa shape index (κ3) is 5.49. The summed E-state index contributed by atoms with van der Waals surface area (Å²) >= 11 is 5.89. The van der Waals surface area contributed by atoms with Crippen molar-refractivity contribution in [2.75, 3.05) is 16.6 Å². The summed E-state index contributed by atoms with van der Waals surface area (Å²) in [5, 5.41) is 3.16. The topological polar surface area (TPSA) is 84.5 Å². The molecule has 2 N–H and O–H groups in total. The van der Waals surface area contributed by atoms with E-state index in [0.717, 1.165) is 0 Å². The van der Waals surface area contributed by atoms with Crippen LogP contribution >= 0.6 is 11.6 Å². The molecule has 29 heavy (non-hydrogen) atoms. The first-order valence-electron chi connectivity index (χ1n) is 8.80. The van der Waals surface area contributed by atoms with Gasteiger partial charge in [-0.3, -0.25) is 9.52 Å². The van der Waals surface area contributed by atoms with Crippen LogP contribution in [0.4, 0.5) is 11.4 Å². The number of hydrogen-bond donors (Lipinski definition) is 2. The van der Waals surface area contributed by atoms with Crippen LogP contribution in [0.15, 0.2) is 77.7 Å². The molecule has 1 amide bonds. The van der Waals surface area contributed by atoms with E-state index in [1.807, 2.05) is 6.92 Å². The number of amides is 1. The molecule has 0 aliphatic rings. The average molecular weight is 431 g/mol. The molecule has 6 nitrogen and oxygen atoms in total. The normalized spacial score (nSPS) is 11.0. The van der Waals surface area contributed by atoms with Gasteiger partial charge in [-0.15, -0.1) is 0 Å². The Morgan fingerprint density at radius 3 is 2.24 bits per heavy atom. The van der Waals surface area contributed by atoms with Gasteiger partial charge in [-0.2, -0.15) is 0 Å². The molecular formula is C21H19ClN2O4S. The standard InChI is InChI=1S/C21H19ClN2O4S/c1-2-28-19-10-6-18(7-11-19)24-29(26,27)20-12-8-17(9-13-20)23-21(25)15-4-3-5-16(22)14-15/h3-14,24H,2H2,1H3,(H,23,25). The van der Waals surface area contributed by atoms with E-state index in [2.05, 4.69) is 10.0 Å². The summed E-state index contributed by atoms with van der Waals surface area (Å²) in [6, 6.07) is 19.1. The fraction of sp³-hybridized carbons (Fsp3) is 0.0952. The maximum atomic E-state index is 12.6. The van der Waals surface area contributed by atoms with Crippen LogP contribution in [-0.2, 0) is 10.0 Å². The molecule has 0 spiro atoms. The summed E-state index contributed by atoms with van der Waals surface area (Å²) in [6.07, 6.45) is 0. The molecule has 0 aliphatic carbocycles. The monoisotopic (exact) mass is 430 g/mol. The van der Waals surface area contributed by atoms with E-state index in [4.69, 9.17) is 16.3 Å².